The van der Waals surface area contributed by atoms with E-state index in [2.05, 4.69) is 13.5 Å². The van der Waals surface area contributed by atoms with Gasteiger partial charge in [0.15, 0.2) is 0 Å². The van der Waals surface area contributed by atoms with Crippen LogP contribution in [0.25, 0.3) is 0 Å². The highest BCUT2D eigenvalue weighted by Crippen LogP contribution is 2.18. The van der Waals surface area contributed by atoms with Crippen LogP contribution in [0, 0.1) is 0 Å². The highest BCUT2D eigenvalue weighted by molar-refractivity contribution is 5.75. The summed E-state index contributed by atoms with van der Waals surface area (Å²) in [6.45, 7) is 9.49. The zero-order chi connectivity index (χ0) is 10.6. The van der Waals surface area contributed by atoms with E-state index < -0.39 is 0 Å². The van der Waals surface area contributed by atoms with Gasteiger partial charge in [0.05, 0.1) is 12.6 Å². The second-order valence-electron chi connectivity index (χ2n) is 3.29. The van der Waals surface area contributed by atoms with E-state index in [1.54, 1.807) is 11.0 Å². The molecule has 4 nitrogen and oxygen atoms in total. The number of urea groups is 1. The minimum absolute atomic E-state index is 0.0267. The van der Waals surface area contributed by atoms with Gasteiger partial charge in [-0.3, -0.25) is 4.84 Å². The van der Waals surface area contributed by atoms with E-state index >= 15 is 0 Å². The lowest BCUT2D eigenvalue weighted by Gasteiger charge is -2.20. The van der Waals surface area contributed by atoms with Gasteiger partial charge in [0.2, 0.25) is 0 Å². The van der Waals surface area contributed by atoms with Crippen LogP contribution in [0.5, 0.6) is 0 Å². The maximum Gasteiger partial charge on any atom is 0.344 e. The standard InChI is InChI=1S/C10H18N2O2/c1-4-7-14-12-9(5-2)8-11(6-3)10(12)13/h4,9H,1,5-8H2,2-3H3/t9-/m1/s1. The predicted octanol–water partition coefficient (Wildman–Crippen LogP) is 1.64. The molecule has 1 aliphatic heterocycles. The fourth-order valence-corrected chi connectivity index (χ4v) is 1.56. The SMILES string of the molecule is C=CCON1C(=O)N(CC)C[C@H]1CC. The largest absolute Gasteiger partial charge is 0.344 e. The van der Waals surface area contributed by atoms with Crippen LogP contribution in [0.4, 0.5) is 4.79 Å². The molecule has 1 aliphatic rings. The zero-order valence-corrected chi connectivity index (χ0v) is 8.90. The molecule has 2 amide bonds. The molecule has 1 heterocycles. The molecule has 1 fully saturated rings. The Morgan fingerprint density at radius 1 is 1.64 bits per heavy atom. The van der Waals surface area contributed by atoms with E-state index in [0.29, 0.717) is 6.61 Å². The number of hydrogen-bond acceptors (Lipinski definition) is 2. The monoisotopic (exact) mass is 198 g/mol. The van der Waals surface area contributed by atoms with Crippen molar-refractivity contribution >= 4 is 6.03 Å². The maximum absolute atomic E-state index is 11.7. The third-order valence-electron chi connectivity index (χ3n) is 2.41. The van der Waals surface area contributed by atoms with Crippen LogP contribution >= 0.6 is 0 Å². The van der Waals surface area contributed by atoms with Crippen molar-refractivity contribution in [1.29, 1.82) is 0 Å². The molecule has 1 rings (SSSR count). The number of carbonyl (C=O) groups excluding carboxylic acids is 1. The van der Waals surface area contributed by atoms with E-state index in [4.69, 9.17) is 4.84 Å². The highest BCUT2D eigenvalue weighted by Gasteiger charge is 2.36. The molecule has 1 saturated heterocycles. The molecule has 0 radical (unpaired) electrons. The molecule has 4 heteroatoms. The lowest BCUT2D eigenvalue weighted by Crippen LogP contribution is -2.34. The number of rotatable bonds is 5. The van der Waals surface area contributed by atoms with Crippen molar-refractivity contribution in [1.82, 2.24) is 9.96 Å². The minimum Gasteiger partial charge on any atom is -0.321 e. The van der Waals surface area contributed by atoms with Crippen molar-refractivity contribution < 1.29 is 9.63 Å². The number of carbonyl (C=O) groups is 1. The average molecular weight is 198 g/mol. The first-order chi connectivity index (χ1) is 6.74. The topological polar surface area (TPSA) is 32.8 Å². The highest BCUT2D eigenvalue weighted by atomic mass is 16.7. The summed E-state index contributed by atoms with van der Waals surface area (Å²) >= 11 is 0. The van der Waals surface area contributed by atoms with Crippen LogP contribution in [-0.2, 0) is 4.84 Å². The molecule has 0 aromatic heterocycles. The smallest absolute Gasteiger partial charge is 0.321 e. The van der Waals surface area contributed by atoms with Crippen LogP contribution in [0.3, 0.4) is 0 Å². The summed E-state index contributed by atoms with van der Waals surface area (Å²) in [5.41, 5.74) is 0. The molecule has 0 aromatic rings. The van der Waals surface area contributed by atoms with Crippen LogP contribution in [0.2, 0.25) is 0 Å². The molecule has 0 saturated carbocycles. The molecule has 0 unspecified atom stereocenters. The quantitative estimate of drug-likeness (QED) is 0.629. The van der Waals surface area contributed by atoms with E-state index in [1.165, 1.54) is 5.06 Å². The molecule has 0 aliphatic carbocycles. The number of likely N-dealkylation sites (N-methyl/N-ethyl adjacent to an activating group) is 1. The van der Waals surface area contributed by atoms with Gasteiger partial charge in [-0.25, -0.2) is 4.79 Å². The maximum atomic E-state index is 11.7. The third kappa shape index (κ3) is 2.07. The lowest BCUT2D eigenvalue weighted by molar-refractivity contribution is -0.118. The van der Waals surface area contributed by atoms with Crippen LogP contribution in [0.15, 0.2) is 12.7 Å². The summed E-state index contributed by atoms with van der Waals surface area (Å²) in [6.07, 6.45) is 2.56. The normalized spacial score (nSPS) is 21.9. The second kappa shape index (κ2) is 5.00. The Hall–Kier alpha value is -1.03. The van der Waals surface area contributed by atoms with Crippen LogP contribution in [0.1, 0.15) is 20.3 Å². The van der Waals surface area contributed by atoms with E-state index in [-0.39, 0.29) is 12.1 Å². The van der Waals surface area contributed by atoms with Crippen molar-refractivity contribution in [3.63, 3.8) is 0 Å². The molecule has 1 atom stereocenters. The van der Waals surface area contributed by atoms with E-state index in [0.717, 1.165) is 19.5 Å². The van der Waals surface area contributed by atoms with Crippen molar-refractivity contribution in [2.75, 3.05) is 19.7 Å². The molecule has 14 heavy (non-hydrogen) atoms. The second-order valence-corrected chi connectivity index (χ2v) is 3.29. The lowest BCUT2D eigenvalue weighted by atomic mass is 10.2. The molecule has 0 aromatic carbocycles. The van der Waals surface area contributed by atoms with Gasteiger partial charge in [-0.2, -0.15) is 5.06 Å². The summed E-state index contributed by atoms with van der Waals surface area (Å²) in [5, 5.41) is 1.48. The molecular weight excluding hydrogens is 180 g/mol. The van der Waals surface area contributed by atoms with E-state index in [9.17, 15) is 4.79 Å². The van der Waals surface area contributed by atoms with Gasteiger partial charge in [-0.15, -0.1) is 6.58 Å². The Bertz CT molecular complexity index is 218. The zero-order valence-electron chi connectivity index (χ0n) is 8.90. The average Bonchev–Trinajstić information content (AvgIpc) is 2.52. The molecule has 0 N–H and O–H groups in total. The van der Waals surface area contributed by atoms with Gasteiger partial charge < -0.3 is 4.90 Å². The first-order valence-corrected chi connectivity index (χ1v) is 5.06. The summed E-state index contributed by atoms with van der Waals surface area (Å²) < 4.78 is 0. The molecule has 80 valence electrons. The molecule has 0 bridgehead atoms. The minimum atomic E-state index is -0.0267. The third-order valence-corrected chi connectivity index (χ3v) is 2.41. The Morgan fingerprint density at radius 2 is 2.36 bits per heavy atom. The Labute approximate surface area is 85.1 Å². The van der Waals surface area contributed by atoms with Gasteiger partial charge in [-0.05, 0) is 13.3 Å². The van der Waals surface area contributed by atoms with Crippen molar-refractivity contribution in [2.24, 2.45) is 0 Å². The van der Waals surface area contributed by atoms with E-state index in [1.807, 2.05) is 6.92 Å². The summed E-state index contributed by atoms with van der Waals surface area (Å²) in [5.74, 6) is 0. The fourth-order valence-electron chi connectivity index (χ4n) is 1.56. The van der Waals surface area contributed by atoms with Gasteiger partial charge >= 0.3 is 6.03 Å². The molecule has 0 spiro atoms. The van der Waals surface area contributed by atoms with Crippen LogP contribution < -0.4 is 0 Å². The van der Waals surface area contributed by atoms with Gasteiger partial charge in [0.1, 0.15) is 0 Å². The van der Waals surface area contributed by atoms with Gasteiger partial charge in [-0.1, -0.05) is 13.0 Å². The molecular formula is C10H18N2O2. The first kappa shape index (κ1) is 11.0. The number of nitrogens with zero attached hydrogens (tertiary/aromatic N) is 2. The number of hydrogen-bond donors (Lipinski definition) is 0. The fraction of sp³-hybridized carbons (Fsp3) is 0.700. The predicted molar refractivity (Wildman–Crippen MR) is 54.7 cm³/mol. The first-order valence-electron chi connectivity index (χ1n) is 5.06. The number of hydroxylamine groups is 2. The Morgan fingerprint density at radius 3 is 2.86 bits per heavy atom. The summed E-state index contributed by atoms with van der Waals surface area (Å²) in [7, 11) is 0. The number of amides is 2. The Kier molecular flexibility index (Phi) is 3.95. The van der Waals surface area contributed by atoms with Gasteiger partial charge in [0.25, 0.3) is 0 Å². The van der Waals surface area contributed by atoms with Crippen LogP contribution in [-0.4, -0.2) is 41.7 Å². The Balaban J connectivity index is 2.60. The summed E-state index contributed by atoms with van der Waals surface area (Å²) in [4.78, 5) is 18.8. The van der Waals surface area contributed by atoms with Crippen molar-refractivity contribution in [3.05, 3.63) is 12.7 Å². The van der Waals surface area contributed by atoms with Crippen molar-refractivity contribution in [2.45, 2.75) is 26.3 Å². The summed E-state index contributed by atoms with van der Waals surface area (Å²) in [6, 6.07) is 0.156. The van der Waals surface area contributed by atoms with Gasteiger partial charge in [0, 0.05) is 13.1 Å². The van der Waals surface area contributed by atoms with Crippen molar-refractivity contribution in [3.8, 4) is 0 Å².